The van der Waals surface area contributed by atoms with Crippen LogP contribution in [0.15, 0.2) is 59.7 Å². The van der Waals surface area contributed by atoms with Crippen LogP contribution in [0.25, 0.3) is 0 Å². The number of ether oxygens (including phenoxy) is 1. The number of benzene rings is 2. The standard InChI is InChI=1S/C20H25N3O4S/c1-3-27-19-11-9-18(10-12-19)15-21-22-20(24)16-23(28(2,25)26)14-13-17-7-5-4-6-8-17/h4-12,15H,3,13-14,16H2,1-2H3,(H,22,24)/b21-15+. The number of nitrogens with zero attached hydrogens (tertiary/aromatic N) is 2. The highest BCUT2D eigenvalue weighted by molar-refractivity contribution is 7.88. The van der Waals surface area contributed by atoms with Crippen LogP contribution in [0.3, 0.4) is 0 Å². The van der Waals surface area contributed by atoms with Gasteiger partial charge in [0.1, 0.15) is 5.75 Å². The molecular weight excluding hydrogens is 378 g/mol. The number of carbonyl (C=O) groups is 1. The maximum atomic E-state index is 12.1. The zero-order valence-corrected chi connectivity index (χ0v) is 16.9. The van der Waals surface area contributed by atoms with E-state index in [9.17, 15) is 13.2 Å². The van der Waals surface area contributed by atoms with Crippen molar-refractivity contribution in [3.63, 3.8) is 0 Å². The minimum absolute atomic E-state index is 0.221. The van der Waals surface area contributed by atoms with Gasteiger partial charge in [-0.25, -0.2) is 13.8 Å². The summed E-state index contributed by atoms with van der Waals surface area (Å²) in [5.41, 5.74) is 4.15. The van der Waals surface area contributed by atoms with Gasteiger partial charge >= 0.3 is 0 Å². The van der Waals surface area contributed by atoms with Gasteiger partial charge in [0.25, 0.3) is 5.91 Å². The van der Waals surface area contributed by atoms with Crippen molar-refractivity contribution in [1.29, 1.82) is 0 Å². The molecule has 7 nitrogen and oxygen atoms in total. The molecule has 0 atom stereocenters. The van der Waals surface area contributed by atoms with Gasteiger partial charge in [-0.3, -0.25) is 4.79 Å². The molecule has 0 aromatic heterocycles. The van der Waals surface area contributed by atoms with E-state index >= 15 is 0 Å². The summed E-state index contributed by atoms with van der Waals surface area (Å²) in [6.07, 6.45) is 3.10. The van der Waals surface area contributed by atoms with Crippen LogP contribution in [0.4, 0.5) is 0 Å². The monoisotopic (exact) mass is 403 g/mol. The predicted molar refractivity (Wildman–Crippen MR) is 110 cm³/mol. The predicted octanol–water partition coefficient (Wildman–Crippen LogP) is 2.04. The first-order valence-corrected chi connectivity index (χ1v) is 10.8. The second kappa shape index (κ2) is 10.6. The number of rotatable bonds is 10. The van der Waals surface area contributed by atoms with E-state index in [0.29, 0.717) is 13.0 Å². The Morgan fingerprint density at radius 3 is 2.43 bits per heavy atom. The van der Waals surface area contributed by atoms with Crippen molar-refractivity contribution in [2.75, 3.05) is 26.0 Å². The normalized spacial score (nSPS) is 11.7. The summed E-state index contributed by atoms with van der Waals surface area (Å²) in [4.78, 5) is 12.1. The lowest BCUT2D eigenvalue weighted by Gasteiger charge is -2.18. The second-order valence-electron chi connectivity index (χ2n) is 6.13. The molecule has 0 fully saturated rings. The molecule has 0 aliphatic carbocycles. The third kappa shape index (κ3) is 7.50. The summed E-state index contributed by atoms with van der Waals surface area (Å²) in [6.45, 7) is 2.43. The number of amides is 1. The number of hydrazone groups is 1. The Balaban J connectivity index is 1.88. The molecule has 0 heterocycles. The van der Waals surface area contributed by atoms with E-state index in [4.69, 9.17) is 4.74 Å². The van der Waals surface area contributed by atoms with Crippen molar-refractivity contribution in [2.45, 2.75) is 13.3 Å². The molecule has 28 heavy (non-hydrogen) atoms. The highest BCUT2D eigenvalue weighted by Crippen LogP contribution is 2.10. The number of sulfonamides is 1. The molecule has 0 spiro atoms. The van der Waals surface area contributed by atoms with E-state index in [1.54, 1.807) is 0 Å². The van der Waals surface area contributed by atoms with E-state index in [0.717, 1.165) is 27.4 Å². The molecule has 2 rings (SSSR count). The lowest BCUT2D eigenvalue weighted by atomic mass is 10.1. The van der Waals surface area contributed by atoms with Crippen LogP contribution in [0.5, 0.6) is 5.75 Å². The topological polar surface area (TPSA) is 88.1 Å². The summed E-state index contributed by atoms with van der Waals surface area (Å²) < 4.78 is 30.4. The quantitative estimate of drug-likeness (QED) is 0.486. The van der Waals surface area contributed by atoms with E-state index in [1.807, 2.05) is 61.5 Å². The minimum Gasteiger partial charge on any atom is -0.494 e. The zero-order chi connectivity index (χ0) is 20.4. The van der Waals surface area contributed by atoms with E-state index in [2.05, 4.69) is 10.5 Å². The van der Waals surface area contributed by atoms with Gasteiger partial charge in [-0.15, -0.1) is 0 Å². The van der Waals surface area contributed by atoms with Crippen molar-refractivity contribution in [3.05, 3.63) is 65.7 Å². The Morgan fingerprint density at radius 1 is 1.14 bits per heavy atom. The number of nitrogens with one attached hydrogen (secondary N) is 1. The molecule has 1 amide bonds. The molecule has 0 saturated heterocycles. The summed E-state index contributed by atoms with van der Waals surface area (Å²) in [7, 11) is -3.51. The highest BCUT2D eigenvalue weighted by atomic mass is 32.2. The molecule has 0 radical (unpaired) electrons. The average Bonchev–Trinajstić information content (AvgIpc) is 2.66. The number of carbonyl (C=O) groups excluding carboxylic acids is 1. The van der Waals surface area contributed by atoms with E-state index < -0.39 is 15.9 Å². The molecule has 0 saturated carbocycles. The highest BCUT2D eigenvalue weighted by Gasteiger charge is 2.19. The maximum Gasteiger partial charge on any atom is 0.255 e. The fourth-order valence-corrected chi connectivity index (χ4v) is 3.23. The Bertz CT molecular complexity index is 881. The fourth-order valence-electron chi connectivity index (χ4n) is 2.45. The summed E-state index contributed by atoms with van der Waals surface area (Å²) in [5.74, 6) is 0.256. The fraction of sp³-hybridized carbons (Fsp3) is 0.300. The lowest BCUT2D eigenvalue weighted by Crippen LogP contribution is -2.40. The van der Waals surface area contributed by atoms with Crippen molar-refractivity contribution in [2.24, 2.45) is 5.10 Å². The zero-order valence-electron chi connectivity index (χ0n) is 16.0. The molecule has 0 unspecified atom stereocenters. The van der Waals surface area contributed by atoms with E-state index in [1.165, 1.54) is 6.21 Å². The Labute approximate surface area is 166 Å². The van der Waals surface area contributed by atoms with E-state index in [-0.39, 0.29) is 13.1 Å². The Morgan fingerprint density at radius 2 is 1.82 bits per heavy atom. The van der Waals surface area contributed by atoms with Crippen LogP contribution < -0.4 is 10.2 Å². The van der Waals surface area contributed by atoms with Gasteiger partial charge in [-0.2, -0.15) is 9.41 Å². The van der Waals surface area contributed by atoms with Crippen molar-refractivity contribution in [1.82, 2.24) is 9.73 Å². The third-order valence-electron chi connectivity index (χ3n) is 3.88. The van der Waals surface area contributed by atoms with Gasteiger partial charge in [0, 0.05) is 6.54 Å². The average molecular weight is 404 g/mol. The first kappa shape index (κ1) is 21.6. The number of hydrogen-bond acceptors (Lipinski definition) is 5. The first-order chi connectivity index (χ1) is 13.4. The minimum atomic E-state index is -3.51. The molecule has 2 aromatic carbocycles. The van der Waals surface area contributed by atoms with Crippen LogP contribution >= 0.6 is 0 Å². The Kier molecular flexibility index (Phi) is 8.16. The van der Waals surface area contributed by atoms with Crippen LogP contribution in [-0.2, 0) is 21.2 Å². The molecule has 2 aromatic rings. The SMILES string of the molecule is CCOc1ccc(/C=N/NC(=O)CN(CCc2ccccc2)S(C)(=O)=O)cc1. The first-order valence-electron chi connectivity index (χ1n) is 8.92. The van der Waals surface area contributed by atoms with Crippen molar-refractivity contribution >= 4 is 22.1 Å². The van der Waals surface area contributed by atoms with Gasteiger partial charge in [0.05, 0.1) is 25.6 Å². The van der Waals surface area contributed by atoms with Gasteiger partial charge < -0.3 is 4.74 Å². The van der Waals surface area contributed by atoms with Crippen LogP contribution in [0.1, 0.15) is 18.1 Å². The maximum absolute atomic E-state index is 12.1. The second-order valence-corrected chi connectivity index (χ2v) is 8.11. The molecule has 0 aliphatic heterocycles. The molecular formula is C20H25N3O4S. The summed E-state index contributed by atoms with van der Waals surface area (Å²) in [5, 5.41) is 3.88. The lowest BCUT2D eigenvalue weighted by molar-refractivity contribution is -0.121. The third-order valence-corrected chi connectivity index (χ3v) is 5.13. The summed E-state index contributed by atoms with van der Waals surface area (Å²) in [6, 6.07) is 16.7. The van der Waals surface area contributed by atoms with Crippen LogP contribution in [0.2, 0.25) is 0 Å². The molecule has 1 N–H and O–H groups in total. The summed E-state index contributed by atoms with van der Waals surface area (Å²) >= 11 is 0. The largest absolute Gasteiger partial charge is 0.494 e. The molecule has 0 bridgehead atoms. The van der Waals surface area contributed by atoms with Crippen molar-refractivity contribution in [3.8, 4) is 5.75 Å². The van der Waals surface area contributed by atoms with Gasteiger partial charge in [0.15, 0.2) is 0 Å². The van der Waals surface area contributed by atoms with Crippen LogP contribution in [-0.4, -0.2) is 50.8 Å². The molecule has 0 aliphatic rings. The number of hydrogen-bond donors (Lipinski definition) is 1. The molecule has 150 valence electrons. The van der Waals surface area contributed by atoms with Gasteiger partial charge in [-0.1, -0.05) is 30.3 Å². The van der Waals surface area contributed by atoms with Crippen LogP contribution in [0, 0.1) is 0 Å². The smallest absolute Gasteiger partial charge is 0.255 e. The van der Waals surface area contributed by atoms with Crippen molar-refractivity contribution < 1.29 is 17.9 Å². The Hall–Kier alpha value is -2.71. The van der Waals surface area contributed by atoms with Gasteiger partial charge in [-0.05, 0) is 48.7 Å². The van der Waals surface area contributed by atoms with Gasteiger partial charge in [0.2, 0.25) is 10.0 Å². The molecule has 8 heteroatoms.